The van der Waals surface area contributed by atoms with Crippen LogP contribution in [-0.4, -0.2) is 35.0 Å². The largest absolute Gasteiger partial charge is 1.00 e. The molecule has 2 atom stereocenters. The standard InChI is InChI=1S/C6H9O9P.3Li/c7-1-2(8)4-3(9)5(6(10)14-4)15-16(11,12)13;;;/h2,4,7-9H,1H2,(H2,11,12,13);;;/q;3*+1/p-3/t2-,4+;;;/m0.../s1. The maximum atomic E-state index is 11.2. The summed E-state index contributed by atoms with van der Waals surface area (Å²) in [5, 5.41) is 28.7. The van der Waals surface area contributed by atoms with Crippen LogP contribution < -0.4 is 71.5 Å². The SMILES string of the molecule is O=C1O[C@H]([C@@H](O)CO)C([O-])=C1OP(=O)([O-])[O-].[Li+].[Li+].[Li+]. The fourth-order valence-electron chi connectivity index (χ4n) is 0.995. The summed E-state index contributed by atoms with van der Waals surface area (Å²) in [6.45, 7) is -0.886. The number of rotatable bonds is 4. The minimum absolute atomic E-state index is 0. The van der Waals surface area contributed by atoms with Crippen LogP contribution in [0.5, 0.6) is 0 Å². The van der Waals surface area contributed by atoms with Crippen LogP contribution in [0.1, 0.15) is 0 Å². The first-order valence-electron chi connectivity index (χ1n) is 3.89. The monoisotopic (exact) mass is 274 g/mol. The molecule has 0 aromatic rings. The van der Waals surface area contributed by atoms with Crippen molar-refractivity contribution >= 4 is 13.8 Å². The van der Waals surface area contributed by atoms with Crippen molar-refractivity contribution in [2.24, 2.45) is 0 Å². The maximum Gasteiger partial charge on any atom is 1.00 e. The molecule has 0 saturated heterocycles. The third-order valence-corrected chi connectivity index (χ3v) is 2.05. The minimum atomic E-state index is -5.56. The Labute approximate surface area is 144 Å². The van der Waals surface area contributed by atoms with Crippen molar-refractivity contribution in [3.8, 4) is 0 Å². The minimum Gasteiger partial charge on any atom is -0.870 e. The Morgan fingerprint density at radius 2 is 1.84 bits per heavy atom. The van der Waals surface area contributed by atoms with Gasteiger partial charge in [-0.2, -0.15) is 0 Å². The van der Waals surface area contributed by atoms with Crippen LogP contribution in [0.4, 0.5) is 0 Å². The molecule has 92 valence electrons. The molecule has 0 spiro atoms. The van der Waals surface area contributed by atoms with E-state index in [2.05, 4.69) is 9.26 Å². The van der Waals surface area contributed by atoms with Crippen LogP contribution in [0.15, 0.2) is 11.5 Å². The molecule has 1 aliphatic rings. The molecule has 0 amide bonds. The van der Waals surface area contributed by atoms with Crippen molar-refractivity contribution in [1.29, 1.82) is 0 Å². The fourth-order valence-corrected chi connectivity index (χ4v) is 1.38. The van der Waals surface area contributed by atoms with Gasteiger partial charge >= 0.3 is 62.6 Å². The normalized spacial score (nSPS) is 19.6. The number of phosphoric acid groups is 1. The van der Waals surface area contributed by atoms with Gasteiger partial charge in [0.15, 0.2) is 0 Å². The molecular weight excluding hydrogens is 268 g/mol. The zero-order chi connectivity index (χ0) is 12.5. The quantitative estimate of drug-likeness (QED) is 0.288. The number of ether oxygens (including phenoxy) is 1. The Bertz CT molecular complexity index is 380. The molecular formula is C6H6Li3O9P. The summed E-state index contributed by atoms with van der Waals surface area (Å²) in [4.78, 5) is 31.3. The molecule has 1 rings (SSSR count). The van der Waals surface area contributed by atoms with Crippen LogP contribution in [0.2, 0.25) is 0 Å². The van der Waals surface area contributed by atoms with E-state index in [0.717, 1.165) is 0 Å². The molecule has 0 fully saturated rings. The Kier molecular flexibility index (Phi) is 12.4. The van der Waals surface area contributed by atoms with Crippen LogP contribution >= 0.6 is 7.82 Å². The first-order valence-corrected chi connectivity index (χ1v) is 5.35. The molecule has 0 unspecified atom stereocenters. The molecule has 0 aromatic carbocycles. The summed E-state index contributed by atoms with van der Waals surface area (Å²) in [6.07, 6.45) is -3.48. The molecule has 0 radical (unpaired) electrons. The van der Waals surface area contributed by atoms with Gasteiger partial charge < -0.3 is 38.9 Å². The zero-order valence-electron chi connectivity index (χ0n) is 10.6. The predicted octanol–water partition coefficient (Wildman–Crippen LogP) is -13.3. The van der Waals surface area contributed by atoms with Gasteiger partial charge in [-0.25, -0.2) is 4.79 Å². The van der Waals surface area contributed by atoms with Crippen molar-refractivity contribution in [1.82, 2.24) is 0 Å². The number of aliphatic hydroxyl groups excluding tert-OH is 2. The van der Waals surface area contributed by atoms with Crippen LogP contribution in [0.25, 0.3) is 0 Å². The second-order valence-corrected chi connectivity index (χ2v) is 3.88. The number of carbonyl (C=O) groups excluding carboxylic acids is 1. The number of esters is 1. The van der Waals surface area contributed by atoms with E-state index < -0.39 is 44.1 Å². The summed E-state index contributed by atoms with van der Waals surface area (Å²) in [5.41, 5.74) is 0. The molecule has 19 heavy (non-hydrogen) atoms. The number of hydrogen-bond acceptors (Lipinski definition) is 9. The Balaban J connectivity index is -0.000000853. The number of phosphoric ester groups is 1. The van der Waals surface area contributed by atoms with Crippen molar-refractivity contribution < 1.29 is 100 Å². The Morgan fingerprint density at radius 1 is 1.37 bits per heavy atom. The number of cyclic esters (lactones) is 1. The van der Waals surface area contributed by atoms with Crippen molar-refractivity contribution in [3.05, 3.63) is 11.5 Å². The Morgan fingerprint density at radius 3 is 2.21 bits per heavy atom. The topological polar surface area (TPSA) is 162 Å². The van der Waals surface area contributed by atoms with Crippen LogP contribution in [0, 0.1) is 0 Å². The van der Waals surface area contributed by atoms with E-state index >= 15 is 0 Å². The van der Waals surface area contributed by atoms with Gasteiger partial charge in [0.25, 0.3) is 0 Å². The van der Waals surface area contributed by atoms with Gasteiger partial charge in [0.1, 0.15) is 20.0 Å². The zero-order valence-corrected chi connectivity index (χ0v) is 11.5. The van der Waals surface area contributed by atoms with Crippen molar-refractivity contribution in [2.75, 3.05) is 6.61 Å². The number of carbonyl (C=O) groups is 1. The summed E-state index contributed by atoms with van der Waals surface area (Å²) in [7, 11) is -5.56. The average molecular weight is 274 g/mol. The molecule has 13 heteroatoms. The third kappa shape index (κ3) is 6.78. The maximum absolute atomic E-state index is 11.2. The summed E-state index contributed by atoms with van der Waals surface area (Å²) in [5.74, 6) is -4.10. The van der Waals surface area contributed by atoms with Crippen molar-refractivity contribution in [2.45, 2.75) is 12.2 Å². The van der Waals surface area contributed by atoms with Gasteiger partial charge in [0, 0.05) is 0 Å². The summed E-state index contributed by atoms with van der Waals surface area (Å²) < 4.78 is 18.0. The molecule has 0 aromatic heterocycles. The third-order valence-electron chi connectivity index (χ3n) is 1.64. The second kappa shape index (κ2) is 9.58. The van der Waals surface area contributed by atoms with Gasteiger partial charge in [-0.05, 0) is 5.76 Å². The fraction of sp³-hybridized carbons (Fsp3) is 0.500. The summed E-state index contributed by atoms with van der Waals surface area (Å²) in [6, 6.07) is 0. The second-order valence-electron chi connectivity index (χ2n) is 2.81. The Hall–Kier alpha value is 0.672. The molecule has 1 aliphatic heterocycles. The molecule has 9 nitrogen and oxygen atoms in total. The molecule has 0 saturated carbocycles. The van der Waals surface area contributed by atoms with E-state index in [9.17, 15) is 24.3 Å². The number of aliphatic hydroxyl groups is 2. The van der Waals surface area contributed by atoms with Crippen LogP contribution in [-0.2, 0) is 18.6 Å². The van der Waals surface area contributed by atoms with E-state index in [4.69, 9.17) is 10.2 Å². The van der Waals surface area contributed by atoms with Gasteiger partial charge in [-0.1, -0.05) is 0 Å². The average Bonchev–Trinajstić information content (AvgIpc) is 2.42. The summed E-state index contributed by atoms with van der Waals surface area (Å²) >= 11 is 0. The van der Waals surface area contributed by atoms with Gasteiger partial charge in [-0.3, -0.25) is 0 Å². The van der Waals surface area contributed by atoms with Gasteiger partial charge in [0.05, 0.1) is 6.61 Å². The van der Waals surface area contributed by atoms with E-state index in [1.54, 1.807) is 0 Å². The number of hydrogen-bond donors (Lipinski definition) is 2. The molecule has 0 aliphatic carbocycles. The van der Waals surface area contributed by atoms with Gasteiger partial charge in [-0.15, -0.1) is 0 Å². The van der Waals surface area contributed by atoms with E-state index in [1.165, 1.54) is 0 Å². The molecule has 0 bridgehead atoms. The van der Waals surface area contributed by atoms with E-state index in [0.29, 0.717) is 0 Å². The first-order chi connectivity index (χ1) is 7.26. The van der Waals surface area contributed by atoms with E-state index in [1.807, 2.05) is 0 Å². The van der Waals surface area contributed by atoms with E-state index in [-0.39, 0.29) is 56.6 Å². The molecule has 1 heterocycles. The van der Waals surface area contributed by atoms with Crippen molar-refractivity contribution in [3.63, 3.8) is 0 Å². The van der Waals surface area contributed by atoms with Crippen LogP contribution in [0.3, 0.4) is 0 Å². The first kappa shape index (κ1) is 24.7. The smallest absolute Gasteiger partial charge is 0.870 e. The predicted molar refractivity (Wildman–Crippen MR) is 38.7 cm³/mol. The molecule has 2 N–H and O–H groups in total. The van der Waals surface area contributed by atoms with Gasteiger partial charge in [0.2, 0.25) is 5.76 Å².